The van der Waals surface area contributed by atoms with E-state index in [4.69, 9.17) is 4.98 Å². The van der Waals surface area contributed by atoms with Crippen LogP contribution < -0.4 is 5.56 Å². The minimum atomic E-state index is 0.106. The van der Waals surface area contributed by atoms with Crippen LogP contribution in [0.1, 0.15) is 67.1 Å². The van der Waals surface area contributed by atoms with Gasteiger partial charge in [-0.2, -0.15) is 0 Å². The molecule has 0 aromatic carbocycles. The lowest BCUT2D eigenvalue weighted by Gasteiger charge is -2.20. The zero-order chi connectivity index (χ0) is 13.5. The van der Waals surface area contributed by atoms with Gasteiger partial charge in [0.05, 0.1) is 5.39 Å². The number of thiophene rings is 1. The number of nitrogens with one attached hydrogen (secondary N) is 1. The largest absolute Gasteiger partial charge is 0.310 e. The van der Waals surface area contributed by atoms with Crippen LogP contribution in [0.15, 0.2) is 4.79 Å². The second-order valence-corrected chi connectivity index (χ2v) is 7.26. The molecule has 2 heterocycles. The lowest BCUT2D eigenvalue weighted by molar-refractivity contribution is 0.429. The summed E-state index contributed by atoms with van der Waals surface area (Å²) in [6.07, 6.45) is 10.9. The van der Waals surface area contributed by atoms with E-state index in [0.29, 0.717) is 5.92 Å². The Morgan fingerprint density at radius 2 is 1.85 bits per heavy atom. The van der Waals surface area contributed by atoms with Crippen LogP contribution in [0, 0.1) is 0 Å². The third-order valence-electron chi connectivity index (χ3n) is 4.84. The van der Waals surface area contributed by atoms with Gasteiger partial charge < -0.3 is 4.98 Å². The first-order chi connectivity index (χ1) is 9.83. The first-order valence-corrected chi connectivity index (χ1v) is 8.69. The molecular formula is C16H20N2OS. The zero-order valence-corrected chi connectivity index (χ0v) is 12.5. The maximum atomic E-state index is 12.5. The van der Waals surface area contributed by atoms with Crippen molar-refractivity contribution in [2.45, 2.75) is 63.7 Å². The van der Waals surface area contributed by atoms with Gasteiger partial charge in [0.15, 0.2) is 0 Å². The predicted molar refractivity (Wildman–Crippen MR) is 82.7 cm³/mol. The maximum Gasteiger partial charge on any atom is 0.259 e. The summed E-state index contributed by atoms with van der Waals surface area (Å²) in [5.74, 6) is 1.42. The number of aromatic nitrogens is 2. The smallest absolute Gasteiger partial charge is 0.259 e. The normalized spacial score (nSPS) is 20.2. The lowest BCUT2D eigenvalue weighted by atomic mass is 9.88. The summed E-state index contributed by atoms with van der Waals surface area (Å²) in [5, 5.41) is 0.893. The van der Waals surface area contributed by atoms with Crippen molar-refractivity contribution in [1.82, 2.24) is 9.97 Å². The second kappa shape index (κ2) is 4.99. The van der Waals surface area contributed by atoms with Crippen molar-refractivity contribution in [2.24, 2.45) is 0 Å². The predicted octanol–water partition coefficient (Wildman–Crippen LogP) is 3.91. The maximum absolute atomic E-state index is 12.5. The average molecular weight is 288 g/mol. The van der Waals surface area contributed by atoms with Crippen molar-refractivity contribution in [2.75, 3.05) is 0 Å². The molecule has 2 aromatic heterocycles. The molecular weight excluding hydrogens is 268 g/mol. The third-order valence-corrected chi connectivity index (χ3v) is 6.02. The summed E-state index contributed by atoms with van der Waals surface area (Å²) in [6.45, 7) is 0. The summed E-state index contributed by atoms with van der Waals surface area (Å²) in [4.78, 5) is 22.8. The van der Waals surface area contributed by atoms with E-state index in [1.165, 1.54) is 55.4 Å². The summed E-state index contributed by atoms with van der Waals surface area (Å²) in [7, 11) is 0. The Bertz CT molecular complexity index is 694. The molecule has 4 rings (SSSR count). The Hall–Kier alpha value is -1.16. The Kier molecular flexibility index (Phi) is 3.14. The number of rotatable bonds is 1. The summed E-state index contributed by atoms with van der Waals surface area (Å²) in [6, 6.07) is 0. The van der Waals surface area contributed by atoms with E-state index in [0.717, 1.165) is 28.9 Å². The van der Waals surface area contributed by atoms with Crippen molar-refractivity contribution < 1.29 is 0 Å². The minimum Gasteiger partial charge on any atom is -0.310 e. The standard InChI is InChI=1S/C16H20N2OS/c19-15-13-11-8-4-5-9-12(11)20-16(13)18-14(17-15)10-6-2-1-3-7-10/h10H,1-9H2,(H,17,18,19). The van der Waals surface area contributed by atoms with Crippen LogP contribution in [-0.4, -0.2) is 9.97 Å². The highest BCUT2D eigenvalue weighted by atomic mass is 32.1. The molecule has 0 amide bonds. The zero-order valence-electron chi connectivity index (χ0n) is 11.7. The lowest BCUT2D eigenvalue weighted by Crippen LogP contribution is -2.17. The SMILES string of the molecule is O=c1[nH]c(C2CCCCC2)nc2sc3c(c12)CCCC3. The van der Waals surface area contributed by atoms with Crippen LogP contribution in [0.25, 0.3) is 10.2 Å². The van der Waals surface area contributed by atoms with E-state index in [-0.39, 0.29) is 5.56 Å². The fourth-order valence-electron chi connectivity index (χ4n) is 3.75. The number of hydrogen-bond acceptors (Lipinski definition) is 3. The molecule has 1 N–H and O–H groups in total. The van der Waals surface area contributed by atoms with Crippen LogP contribution >= 0.6 is 11.3 Å². The van der Waals surface area contributed by atoms with Crippen LogP contribution in [0.3, 0.4) is 0 Å². The number of H-pyrrole nitrogens is 1. The number of fused-ring (bicyclic) bond motifs is 3. The topological polar surface area (TPSA) is 45.8 Å². The molecule has 0 saturated heterocycles. The molecule has 1 fully saturated rings. The van der Waals surface area contributed by atoms with Gasteiger partial charge in [0.25, 0.3) is 5.56 Å². The molecule has 2 aromatic rings. The van der Waals surface area contributed by atoms with Gasteiger partial charge in [-0.3, -0.25) is 4.79 Å². The molecule has 0 atom stereocenters. The monoisotopic (exact) mass is 288 g/mol. The number of aryl methyl sites for hydroxylation is 2. The number of nitrogens with zero attached hydrogens (tertiary/aromatic N) is 1. The molecule has 4 heteroatoms. The number of aromatic amines is 1. The summed E-state index contributed by atoms with van der Waals surface area (Å²) < 4.78 is 0. The molecule has 2 aliphatic rings. The molecule has 1 saturated carbocycles. The summed E-state index contributed by atoms with van der Waals surface area (Å²) in [5.41, 5.74) is 1.40. The minimum absolute atomic E-state index is 0.106. The molecule has 106 valence electrons. The molecule has 0 radical (unpaired) electrons. The van der Waals surface area contributed by atoms with Gasteiger partial charge in [0.2, 0.25) is 0 Å². The van der Waals surface area contributed by atoms with Crippen molar-refractivity contribution in [3.63, 3.8) is 0 Å². The molecule has 3 nitrogen and oxygen atoms in total. The van der Waals surface area contributed by atoms with Gasteiger partial charge in [-0.25, -0.2) is 4.98 Å². The highest BCUT2D eigenvalue weighted by Gasteiger charge is 2.23. The van der Waals surface area contributed by atoms with Crippen molar-refractivity contribution in [3.05, 3.63) is 26.6 Å². The second-order valence-electron chi connectivity index (χ2n) is 6.18. The molecule has 0 spiro atoms. The highest BCUT2D eigenvalue weighted by molar-refractivity contribution is 7.18. The molecule has 0 unspecified atom stereocenters. The van der Waals surface area contributed by atoms with E-state index in [2.05, 4.69) is 4.98 Å². The van der Waals surface area contributed by atoms with Gasteiger partial charge in [0, 0.05) is 10.8 Å². The van der Waals surface area contributed by atoms with Gasteiger partial charge in [-0.05, 0) is 44.1 Å². The van der Waals surface area contributed by atoms with E-state index in [1.807, 2.05) is 0 Å². The molecule has 0 aliphatic heterocycles. The van der Waals surface area contributed by atoms with Gasteiger partial charge in [-0.15, -0.1) is 11.3 Å². The Balaban J connectivity index is 1.83. The molecule has 20 heavy (non-hydrogen) atoms. The van der Waals surface area contributed by atoms with Crippen LogP contribution in [0.5, 0.6) is 0 Å². The Morgan fingerprint density at radius 1 is 1.05 bits per heavy atom. The molecule has 0 bridgehead atoms. The van der Waals surface area contributed by atoms with Gasteiger partial charge in [0.1, 0.15) is 10.7 Å². The Morgan fingerprint density at radius 3 is 2.70 bits per heavy atom. The fourth-order valence-corrected chi connectivity index (χ4v) is 5.02. The van der Waals surface area contributed by atoms with E-state index < -0.39 is 0 Å². The molecule has 2 aliphatic carbocycles. The quantitative estimate of drug-likeness (QED) is 0.864. The highest BCUT2D eigenvalue weighted by Crippen LogP contribution is 2.35. The Labute approximate surface area is 122 Å². The van der Waals surface area contributed by atoms with Crippen LogP contribution in [0.2, 0.25) is 0 Å². The van der Waals surface area contributed by atoms with Crippen molar-refractivity contribution >= 4 is 21.6 Å². The van der Waals surface area contributed by atoms with Crippen LogP contribution in [0.4, 0.5) is 0 Å². The third kappa shape index (κ3) is 2.01. The fraction of sp³-hybridized carbons (Fsp3) is 0.625. The summed E-state index contributed by atoms with van der Waals surface area (Å²) >= 11 is 1.76. The number of hydrogen-bond donors (Lipinski definition) is 1. The van der Waals surface area contributed by atoms with Crippen LogP contribution in [-0.2, 0) is 12.8 Å². The van der Waals surface area contributed by atoms with Crippen molar-refractivity contribution in [3.8, 4) is 0 Å². The van der Waals surface area contributed by atoms with Gasteiger partial charge in [-0.1, -0.05) is 19.3 Å². The van der Waals surface area contributed by atoms with Gasteiger partial charge >= 0.3 is 0 Å². The first kappa shape index (κ1) is 12.6. The van der Waals surface area contributed by atoms with E-state index in [9.17, 15) is 4.79 Å². The van der Waals surface area contributed by atoms with E-state index >= 15 is 0 Å². The average Bonchev–Trinajstić information content (AvgIpc) is 2.87. The van der Waals surface area contributed by atoms with Crippen molar-refractivity contribution in [1.29, 1.82) is 0 Å². The van der Waals surface area contributed by atoms with E-state index in [1.54, 1.807) is 11.3 Å². The first-order valence-electron chi connectivity index (χ1n) is 7.87.